The number of hydrogen-bond acceptors (Lipinski definition) is 2. The van der Waals surface area contributed by atoms with E-state index in [0.717, 1.165) is 12.2 Å². The highest BCUT2D eigenvalue weighted by Crippen LogP contribution is 2.36. The first kappa shape index (κ1) is 11.7. The second-order valence-electron chi connectivity index (χ2n) is 3.52. The van der Waals surface area contributed by atoms with Crippen LogP contribution in [0.15, 0.2) is 23.3 Å². The van der Waals surface area contributed by atoms with E-state index >= 15 is 0 Å². The van der Waals surface area contributed by atoms with Gasteiger partial charge in [-0.05, 0) is 19.1 Å². The number of nitro groups is 1. The summed E-state index contributed by atoms with van der Waals surface area (Å²) < 4.78 is 37.2. The second kappa shape index (κ2) is 3.67. The molecule has 1 aliphatic carbocycles. The van der Waals surface area contributed by atoms with Crippen LogP contribution in [-0.2, 0) is 0 Å². The van der Waals surface area contributed by atoms with Crippen LogP contribution in [0.3, 0.4) is 0 Å². The third-order valence-electron chi connectivity index (χ3n) is 2.63. The van der Waals surface area contributed by atoms with Crippen molar-refractivity contribution in [3.8, 4) is 0 Å². The summed E-state index contributed by atoms with van der Waals surface area (Å²) in [6, 6.07) is -1.06. The predicted molar refractivity (Wildman–Crippen MR) is 47.8 cm³/mol. The molecule has 6 heteroatoms. The number of alkyl halides is 3. The smallest absolute Gasteiger partial charge is 0.264 e. The molecule has 0 aromatic rings. The van der Waals surface area contributed by atoms with Gasteiger partial charge in [-0.1, -0.05) is 12.5 Å². The van der Waals surface area contributed by atoms with Crippen LogP contribution < -0.4 is 0 Å². The Morgan fingerprint density at radius 1 is 1.47 bits per heavy atom. The predicted octanol–water partition coefficient (Wildman–Crippen LogP) is 2.72. The molecule has 15 heavy (non-hydrogen) atoms. The monoisotopic (exact) mass is 221 g/mol. The number of halogens is 3. The molecule has 0 heterocycles. The van der Waals surface area contributed by atoms with Crippen LogP contribution in [-0.4, -0.2) is 17.1 Å². The van der Waals surface area contributed by atoms with Gasteiger partial charge in [-0.25, -0.2) is 0 Å². The van der Waals surface area contributed by atoms with E-state index in [0.29, 0.717) is 0 Å². The van der Waals surface area contributed by atoms with Gasteiger partial charge in [0.05, 0.1) is 5.57 Å². The molecular weight excluding hydrogens is 211 g/mol. The fourth-order valence-corrected chi connectivity index (χ4v) is 1.57. The zero-order valence-electron chi connectivity index (χ0n) is 8.21. The minimum Gasteiger partial charge on any atom is -0.264 e. The van der Waals surface area contributed by atoms with Gasteiger partial charge in [-0.2, -0.15) is 13.2 Å². The summed E-state index contributed by atoms with van der Waals surface area (Å²) >= 11 is 0. The summed E-state index contributed by atoms with van der Waals surface area (Å²) in [5.41, 5.74) is -0.750. The highest BCUT2D eigenvalue weighted by atomic mass is 19.4. The maximum atomic E-state index is 12.4. The SMILES string of the molecule is CC1=C(C(F)(F)F)C=CC([N+](=O)[O-])C1C. The molecule has 2 atom stereocenters. The molecule has 1 rings (SSSR count). The number of hydrogen-bond donors (Lipinski definition) is 0. The Kier molecular flexibility index (Phi) is 2.88. The van der Waals surface area contributed by atoms with E-state index in [4.69, 9.17) is 0 Å². The topological polar surface area (TPSA) is 43.1 Å². The van der Waals surface area contributed by atoms with E-state index in [9.17, 15) is 23.3 Å². The molecule has 0 bridgehead atoms. The zero-order chi connectivity index (χ0) is 11.8. The van der Waals surface area contributed by atoms with Crippen molar-refractivity contribution >= 4 is 0 Å². The lowest BCUT2D eigenvalue weighted by atomic mass is 9.86. The van der Waals surface area contributed by atoms with Crippen molar-refractivity contribution in [2.75, 3.05) is 0 Å². The van der Waals surface area contributed by atoms with Crippen molar-refractivity contribution < 1.29 is 18.1 Å². The van der Waals surface area contributed by atoms with Crippen molar-refractivity contribution in [2.24, 2.45) is 5.92 Å². The summed E-state index contributed by atoms with van der Waals surface area (Å²) in [7, 11) is 0. The normalized spacial score (nSPS) is 27.0. The molecule has 84 valence electrons. The Morgan fingerprint density at radius 3 is 2.40 bits per heavy atom. The number of nitrogens with zero attached hydrogens (tertiary/aromatic N) is 1. The van der Waals surface area contributed by atoms with Gasteiger partial charge in [-0.3, -0.25) is 10.1 Å². The van der Waals surface area contributed by atoms with Crippen LogP contribution in [0.1, 0.15) is 13.8 Å². The number of allylic oxidation sites excluding steroid dienone is 2. The van der Waals surface area contributed by atoms with E-state index in [2.05, 4.69) is 0 Å². The maximum Gasteiger partial charge on any atom is 0.416 e. The van der Waals surface area contributed by atoms with Crippen molar-refractivity contribution in [3.63, 3.8) is 0 Å². The molecule has 1 aliphatic rings. The lowest BCUT2D eigenvalue weighted by molar-refractivity contribution is -0.516. The molecule has 0 aromatic carbocycles. The minimum atomic E-state index is -4.43. The zero-order valence-corrected chi connectivity index (χ0v) is 8.21. The summed E-state index contributed by atoms with van der Waals surface area (Å²) in [6.45, 7) is 2.71. The third kappa shape index (κ3) is 2.19. The van der Waals surface area contributed by atoms with Crippen LogP contribution in [0.2, 0.25) is 0 Å². The molecule has 0 aromatic heterocycles. The van der Waals surface area contributed by atoms with Crippen LogP contribution in [0.4, 0.5) is 13.2 Å². The van der Waals surface area contributed by atoms with E-state index in [-0.39, 0.29) is 5.57 Å². The number of rotatable bonds is 1. The molecule has 0 N–H and O–H groups in total. The van der Waals surface area contributed by atoms with Gasteiger partial charge >= 0.3 is 6.18 Å². The summed E-state index contributed by atoms with van der Waals surface area (Å²) in [6.07, 6.45) is -2.64. The molecule has 0 spiro atoms. The van der Waals surface area contributed by atoms with Crippen molar-refractivity contribution in [1.82, 2.24) is 0 Å². The van der Waals surface area contributed by atoms with Gasteiger partial charge in [0.1, 0.15) is 0 Å². The van der Waals surface area contributed by atoms with Gasteiger partial charge < -0.3 is 0 Å². The Morgan fingerprint density at radius 2 is 2.00 bits per heavy atom. The van der Waals surface area contributed by atoms with Gasteiger partial charge in [-0.15, -0.1) is 0 Å². The summed E-state index contributed by atoms with van der Waals surface area (Å²) in [5, 5.41) is 10.5. The first-order valence-electron chi connectivity index (χ1n) is 4.34. The van der Waals surface area contributed by atoms with Gasteiger partial charge in [0.25, 0.3) is 0 Å². The molecule has 2 unspecified atom stereocenters. The maximum absolute atomic E-state index is 12.4. The highest BCUT2D eigenvalue weighted by molar-refractivity contribution is 5.35. The highest BCUT2D eigenvalue weighted by Gasteiger charge is 2.40. The van der Waals surface area contributed by atoms with Crippen LogP contribution in [0.25, 0.3) is 0 Å². The van der Waals surface area contributed by atoms with E-state index in [1.807, 2.05) is 0 Å². The van der Waals surface area contributed by atoms with Gasteiger partial charge in [0, 0.05) is 10.8 Å². The average Bonchev–Trinajstić information content (AvgIpc) is 2.06. The van der Waals surface area contributed by atoms with Crippen molar-refractivity contribution in [3.05, 3.63) is 33.4 Å². The van der Waals surface area contributed by atoms with Crippen molar-refractivity contribution in [1.29, 1.82) is 0 Å². The largest absolute Gasteiger partial charge is 0.416 e. The fraction of sp³-hybridized carbons (Fsp3) is 0.556. The second-order valence-corrected chi connectivity index (χ2v) is 3.52. The molecule has 0 amide bonds. The molecule has 0 aliphatic heterocycles. The van der Waals surface area contributed by atoms with Crippen LogP contribution >= 0.6 is 0 Å². The molecule has 0 fully saturated rings. The minimum absolute atomic E-state index is 0.0201. The van der Waals surface area contributed by atoms with E-state index in [1.165, 1.54) is 13.8 Å². The summed E-state index contributed by atoms with van der Waals surface area (Å²) in [4.78, 5) is 9.95. The first-order valence-corrected chi connectivity index (χ1v) is 4.34. The van der Waals surface area contributed by atoms with Gasteiger partial charge in [0.15, 0.2) is 0 Å². The Balaban J connectivity index is 3.08. The Bertz CT molecular complexity index is 344. The van der Waals surface area contributed by atoms with Crippen molar-refractivity contribution in [2.45, 2.75) is 26.1 Å². The molecule has 0 saturated heterocycles. The average molecular weight is 221 g/mol. The third-order valence-corrected chi connectivity index (χ3v) is 2.63. The lowest BCUT2D eigenvalue weighted by Crippen LogP contribution is -2.31. The fourth-order valence-electron chi connectivity index (χ4n) is 1.57. The van der Waals surface area contributed by atoms with Crippen LogP contribution in [0, 0.1) is 16.0 Å². The Labute approximate surface area is 84.4 Å². The molecule has 0 saturated carbocycles. The van der Waals surface area contributed by atoms with Crippen LogP contribution in [0.5, 0.6) is 0 Å². The standard InChI is InChI=1S/C9H10F3NO2/c1-5-6(2)8(13(14)15)4-3-7(5)9(10,11)12/h3-4,6,8H,1-2H3. The molecule has 3 nitrogen and oxygen atoms in total. The summed E-state index contributed by atoms with van der Waals surface area (Å²) in [5.74, 6) is -0.721. The van der Waals surface area contributed by atoms with E-state index < -0.39 is 28.6 Å². The lowest BCUT2D eigenvalue weighted by Gasteiger charge is -2.23. The molecular formula is C9H10F3NO2. The molecule has 0 radical (unpaired) electrons. The Hall–Kier alpha value is -1.33. The van der Waals surface area contributed by atoms with Gasteiger partial charge in [0.2, 0.25) is 6.04 Å². The first-order chi connectivity index (χ1) is 6.75. The quantitative estimate of drug-likeness (QED) is 0.504. The van der Waals surface area contributed by atoms with E-state index in [1.54, 1.807) is 0 Å².